The summed E-state index contributed by atoms with van der Waals surface area (Å²) >= 11 is 0. The molecule has 2 N–H and O–H groups in total. The molecule has 1 atom stereocenters. The fraction of sp³-hybridized carbons (Fsp3) is 0.818. The summed E-state index contributed by atoms with van der Waals surface area (Å²) < 4.78 is 0. The summed E-state index contributed by atoms with van der Waals surface area (Å²) in [5.41, 5.74) is 0. The Bertz CT molecular complexity index is 214. The molecule has 0 aliphatic rings. The first kappa shape index (κ1) is 13.9. The summed E-state index contributed by atoms with van der Waals surface area (Å²) in [5.74, 6) is -1.74. The van der Waals surface area contributed by atoms with E-state index in [-0.39, 0.29) is 0 Å². The molecule has 15 heavy (non-hydrogen) atoms. The van der Waals surface area contributed by atoms with Crippen LogP contribution in [0.1, 0.15) is 40.0 Å². The standard InChI is InChI=1S/C11H21NO3/c1-8(2)6-4-5-7-12-10(13)9(3)11(14)15/h8-9H,4-7H2,1-3H3,(H,12,13)(H,14,15). The van der Waals surface area contributed by atoms with E-state index in [1.165, 1.54) is 6.92 Å². The topological polar surface area (TPSA) is 66.4 Å². The Kier molecular flexibility index (Phi) is 6.75. The molecule has 4 nitrogen and oxygen atoms in total. The summed E-state index contributed by atoms with van der Waals surface area (Å²) in [4.78, 5) is 21.6. The number of carbonyl (C=O) groups excluding carboxylic acids is 1. The Morgan fingerprint density at radius 3 is 2.27 bits per heavy atom. The van der Waals surface area contributed by atoms with E-state index >= 15 is 0 Å². The molecular formula is C11H21NO3. The molecule has 0 heterocycles. The Morgan fingerprint density at radius 2 is 1.80 bits per heavy atom. The van der Waals surface area contributed by atoms with Crippen LogP contribution in [-0.2, 0) is 9.59 Å². The third-order valence-corrected chi connectivity index (χ3v) is 2.27. The molecule has 0 saturated heterocycles. The Balaban J connectivity index is 3.51. The summed E-state index contributed by atoms with van der Waals surface area (Å²) in [6.45, 7) is 6.28. The van der Waals surface area contributed by atoms with Crippen molar-refractivity contribution in [3.05, 3.63) is 0 Å². The van der Waals surface area contributed by atoms with Gasteiger partial charge >= 0.3 is 5.97 Å². The fourth-order valence-corrected chi connectivity index (χ4v) is 1.15. The summed E-state index contributed by atoms with van der Waals surface area (Å²) in [7, 11) is 0. The first-order chi connectivity index (χ1) is 6.95. The monoisotopic (exact) mass is 215 g/mol. The smallest absolute Gasteiger partial charge is 0.315 e. The zero-order chi connectivity index (χ0) is 11.8. The second-order valence-corrected chi connectivity index (χ2v) is 4.24. The highest BCUT2D eigenvalue weighted by atomic mass is 16.4. The van der Waals surface area contributed by atoms with Crippen molar-refractivity contribution in [2.45, 2.75) is 40.0 Å². The van der Waals surface area contributed by atoms with Crippen LogP contribution in [0.25, 0.3) is 0 Å². The number of aliphatic carboxylic acids is 1. The molecular weight excluding hydrogens is 194 g/mol. The number of hydrogen-bond donors (Lipinski definition) is 2. The first-order valence-corrected chi connectivity index (χ1v) is 5.45. The van der Waals surface area contributed by atoms with Gasteiger partial charge in [0.2, 0.25) is 5.91 Å². The number of hydrogen-bond acceptors (Lipinski definition) is 2. The third kappa shape index (κ3) is 6.94. The van der Waals surface area contributed by atoms with Gasteiger partial charge in [0.25, 0.3) is 0 Å². The van der Waals surface area contributed by atoms with Gasteiger partial charge in [-0.25, -0.2) is 0 Å². The van der Waals surface area contributed by atoms with E-state index in [2.05, 4.69) is 19.2 Å². The van der Waals surface area contributed by atoms with Crippen molar-refractivity contribution in [2.24, 2.45) is 11.8 Å². The van der Waals surface area contributed by atoms with Crippen LogP contribution in [0, 0.1) is 11.8 Å². The maximum absolute atomic E-state index is 11.2. The number of nitrogens with one attached hydrogen (secondary N) is 1. The van der Waals surface area contributed by atoms with Crippen LogP contribution in [0.15, 0.2) is 0 Å². The number of amides is 1. The lowest BCUT2D eigenvalue weighted by Gasteiger charge is -2.08. The molecule has 0 rings (SSSR count). The van der Waals surface area contributed by atoms with E-state index < -0.39 is 17.8 Å². The normalized spacial score (nSPS) is 12.5. The Hall–Kier alpha value is -1.06. The van der Waals surface area contributed by atoms with Crippen LogP contribution in [0.4, 0.5) is 0 Å². The van der Waals surface area contributed by atoms with Gasteiger partial charge in [-0.3, -0.25) is 9.59 Å². The summed E-state index contributed by atoms with van der Waals surface area (Å²) in [6.07, 6.45) is 3.13. The Labute approximate surface area is 91.1 Å². The zero-order valence-electron chi connectivity index (χ0n) is 9.75. The largest absolute Gasteiger partial charge is 0.481 e. The van der Waals surface area contributed by atoms with E-state index in [1.54, 1.807) is 0 Å². The van der Waals surface area contributed by atoms with E-state index in [1.807, 2.05) is 0 Å². The second-order valence-electron chi connectivity index (χ2n) is 4.24. The van der Waals surface area contributed by atoms with Gasteiger partial charge in [-0.05, 0) is 19.3 Å². The van der Waals surface area contributed by atoms with Crippen molar-refractivity contribution in [3.8, 4) is 0 Å². The molecule has 0 aromatic rings. The van der Waals surface area contributed by atoms with E-state index in [0.29, 0.717) is 12.5 Å². The molecule has 4 heteroatoms. The van der Waals surface area contributed by atoms with E-state index in [9.17, 15) is 9.59 Å². The highest BCUT2D eigenvalue weighted by molar-refractivity contribution is 5.96. The van der Waals surface area contributed by atoms with Crippen LogP contribution < -0.4 is 5.32 Å². The molecule has 0 fully saturated rings. The minimum atomic E-state index is -1.07. The van der Waals surface area contributed by atoms with Gasteiger partial charge < -0.3 is 10.4 Å². The average Bonchev–Trinajstić information content (AvgIpc) is 2.15. The van der Waals surface area contributed by atoms with Crippen molar-refractivity contribution in [1.29, 1.82) is 0 Å². The lowest BCUT2D eigenvalue weighted by atomic mass is 10.1. The highest BCUT2D eigenvalue weighted by Crippen LogP contribution is 2.05. The first-order valence-electron chi connectivity index (χ1n) is 5.45. The van der Waals surface area contributed by atoms with Crippen LogP contribution >= 0.6 is 0 Å². The number of rotatable bonds is 7. The van der Waals surface area contributed by atoms with Gasteiger partial charge in [-0.15, -0.1) is 0 Å². The number of carboxylic acid groups (broad SMARTS) is 1. The number of carbonyl (C=O) groups is 2. The second kappa shape index (κ2) is 7.26. The molecule has 0 aliphatic carbocycles. The molecule has 1 unspecified atom stereocenters. The lowest BCUT2D eigenvalue weighted by molar-refractivity contribution is -0.146. The number of unbranched alkanes of at least 4 members (excludes halogenated alkanes) is 1. The van der Waals surface area contributed by atoms with Gasteiger partial charge in [0, 0.05) is 6.54 Å². The van der Waals surface area contributed by atoms with Gasteiger partial charge in [-0.2, -0.15) is 0 Å². The van der Waals surface area contributed by atoms with Gasteiger partial charge in [0.1, 0.15) is 5.92 Å². The molecule has 88 valence electrons. The van der Waals surface area contributed by atoms with Crippen LogP contribution in [0.3, 0.4) is 0 Å². The molecule has 0 aromatic heterocycles. The number of carboxylic acids is 1. The van der Waals surface area contributed by atoms with Gasteiger partial charge in [-0.1, -0.05) is 26.7 Å². The third-order valence-electron chi connectivity index (χ3n) is 2.27. The summed E-state index contributed by atoms with van der Waals surface area (Å²) in [6, 6.07) is 0. The van der Waals surface area contributed by atoms with Crippen molar-refractivity contribution in [3.63, 3.8) is 0 Å². The summed E-state index contributed by atoms with van der Waals surface area (Å²) in [5, 5.41) is 11.2. The quantitative estimate of drug-likeness (QED) is 0.501. The minimum absolute atomic E-state index is 0.396. The predicted molar refractivity (Wildman–Crippen MR) is 58.5 cm³/mol. The molecule has 0 bridgehead atoms. The lowest BCUT2D eigenvalue weighted by Crippen LogP contribution is -2.34. The molecule has 0 aliphatic heterocycles. The molecule has 0 radical (unpaired) electrons. The highest BCUT2D eigenvalue weighted by Gasteiger charge is 2.19. The minimum Gasteiger partial charge on any atom is -0.481 e. The van der Waals surface area contributed by atoms with Crippen LogP contribution in [0.2, 0.25) is 0 Å². The molecule has 0 aromatic carbocycles. The van der Waals surface area contributed by atoms with E-state index in [4.69, 9.17) is 5.11 Å². The van der Waals surface area contributed by atoms with Crippen molar-refractivity contribution < 1.29 is 14.7 Å². The predicted octanol–water partition coefficient (Wildman–Crippen LogP) is 1.65. The van der Waals surface area contributed by atoms with E-state index in [0.717, 1.165) is 19.3 Å². The van der Waals surface area contributed by atoms with Crippen molar-refractivity contribution >= 4 is 11.9 Å². The molecule has 0 saturated carbocycles. The van der Waals surface area contributed by atoms with Crippen molar-refractivity contribution in [1.82, 2.24) is 5.32 Å². The van der Waals surface area contributed by atoms with Crippen LogP contribution in [-0.4, -0.2) is 23.5 Å². The molecule has 0 spiro atoms. The van der Waals surface area contributed by atoms with Crippen molar-refractivity contribution in [2.75, 3.05) is 6.54 Å². The van der Waals surface area contributed by atoms with Gasteiger partial charge in [0.05, 0.1) is 0 Å². The average molecular weight is 215 g/mol. The maximum Gasteiger partial charge on any atom is 0.315 e. The maximum atomic E-state index is 11.2. The van der Waals surface area contributed by atoms with Crippen LogP contribution in [0.5, 0.6) is 0 Å². The zero-order valence-corrected chi connectivity index (χ0v) is 9.75. The Morgan fingerprint density at radius 1 is 1.20 bits per heavy atom. The molecule has 1 amide bonds. The SMILES string of the molecule is CC(C)CCCCNC(=O)C(C)C(=O)O. The fourth-order valence-electron chi connectivity index (χ4n) is 1.15. The van der Waals surface area contributed by atoms with Gasteiger partial charge in [0.15, 0.2) is 0 Å².